The van der Waals surface area contributed by atoms with Gasteiger partial charge in [-0.05, 0) is 42.3 Å². The van der Waals surface area contributed by atoms with Crippen LogP contribution in [0.5, 0.6) is 0 Å². The molecule has 1 N–H and O–H groups in total. The number of hydrogen-bond donors (Lipinski definition) is 1. The monoisotopic (exact) mass is 279 g/mol. The summed E-state index contributed by atoms with van der Waals surface area (Å²) in [5.74, 6) is -0.0649. The van der Waals surface area contributed by atoms with Crippen LogP contribution in [0.1, 0.15) is 21.6 Å². The van der Waals surface area contributed by atoms with Crippen molar-refractivity contribution in [1.82, 2.24) is 14.9 Å². The highest BCUT2D eigenvalue weighted by molar-refractivity contribution is 5.99. The van der Waals surface area contributed by atoms with Crippen molar-refractivity contribution in [2.24, 2.45) is 7.05 Å². The molecule has 4 heteroatoms. The summed E-state index contributed by atoms with van der Waals surface area (Å²) in [4.78, 5) is 16.3. The van der Waals surface area contributed by atoms with Crippen molar-refractivity contribution in [3.05, 3.63) is 65.6 Å². The summed E-state index contributed by atoms with van der Waals surface area (Å²) < 4.78 is 1.93. The maximum Gasteiger partial charge on any atom is 0.268 e. The lowest BCUT2D eigenvalue weighted by atomic mass is 10.1. The molecule has 0 aliphatic rings. The van der Waals surface area contributed by atoms with Crippen molar-refractivity contribution in [3.8, 4) is 0 Å². The summed E-state index contributed by atoms with van der Waals surface area (Å²) in [5, 5.41) is 4.07. The number of carbonyl (C=O) groups excluding carboxylic acids is 1. The van der Waals surface area contributed by atoms with Gasteiger partial charge in [-0.3, -0.25) is 9.78 Å². The van der Waals surface area contributed by atoms with E-state index in [1.54, 1.807) is 12.4 Å². The zero-order valence-corrected chi connectivity index (χ0v) is 12.1. The van der Waals surface area contributed by atoms with Gasteiger partial charge >= 0.3 is 0 Å². The summed E-state index contributed by atoms with van der Waals surface area (Å²) >= 11 is 0. The smallest absolute Gasteiger partial charge is 0.268 e. The number of aromatic nitrogens is 2. The Morgan fingerprint density at radius 3 is 2.71 bits per heavy atom. The fraction of sp³-hybridized carbons (Fsp3) is 0.176. The van der Waals surface area contributed by atoms with Crippen LogP contribution in [0.4, 0.5) is 0 Å². The van der Waals surface area contributed by atoms with E-state index < -0.39 is 0 Å². The average molecular weight is 279 g/mol. The normalized spacial score (nSPS) is 10.8. The van der Waals surface area contributed by atoms with Crippen LogP contribution in [0.2, 0.25) is 0 Å². The highest BCUT2D eigenvalue weighted by atomic mass is 16.1. The molecule has 106 valence electrons. The van der Waals surface area contributed by atoms with Crippen LogP contribution < -0.4 is 5.32 Å². The van der Waals surface area contributed by atoms with Crippen LogP contribution in [0, 0.1) is 6.92 Å². The molecule has 1 aromatic carbocycles. The minimum atomic E-state index is -0.0649. The molecule has 0 radical (unpaired) electrons. The zero-order valence-electron chi connectivity index (χ0n) is 12.1. The Morgan fingerprint density at radius 1 is 1.24 bits per heavy atom. The number of pyridine rings is 1. The molecule has 3 aromatic rings. The highest BCUT2D eigenvalue weighted by Crippen LogP contribution is 2.22. The minimum Gasteiger partial charge on any atom is -0.347 e. The first kappa shape index (κ1) is 13.4. The van der Waals surface area contributed by atoms with Gasteiger partial charge in [-0.1, -0.05) is 12.1 Å². The second-order valence-corrected chi connectivity index (χ2v) is 5.13. The number of nitrogens with one attached hydrogen (secondary N) is 1. The first-order chi connectivity index (χ1) is 10.2. The molecule has 2 aromatic heterocycles. The average Bonchev–Trinajstić information content (AvgIpc) is 2.85. The molecule has 0 bridgehead atoms. The Balaban J connectivity index is 1.85. The summed E-state index contributed by atoms with van der Waals surface area (Å²) in [6.45, 7) is 2.56. The lowest BCUT2D eigenvalue weighted by molar-refractivity contribution is 0.0943. The Kier molecular flexibility index (Phi) is 3.44. The van der Waals surface area contributed by atoms with E-state index in [0.717, 1.165) is 16.5 Å². The molecule has 0 saturated heterocycles. The zero-order chi connectivity index (χ0) is 14.8. The largest absolute Gasteiger partial charge is 0.347 e. The topological polar surface area (TPSA) is 46.9 Å². The predicted octanol–water partition coefficient (Wildman–Crippen LogP) is 2.81. The number of carbonyl (C=O) groups is 1. The highest BCUT2D eigenvalue weighted by Gasteiger charge is 2.13. The van der Waals surface area contributed by atoms with Crippen molar-refractivity contribution >= 4 is 16.8 Å². The fourth-order valence-electron chi connectivity index (χ4n) is 2.50. The van der Waals surface area contributed by atoms with E-state index in [-0.39, 0.29) is 5.91 Å². The van der Waals surface area contributed by atoms with Gasteiger partial charge in [0.05, 0.1) is 0 Å². The second kappa shape index (κ2) is 5.40. The molecule has 0 aliphatic heterocycles. The maximum atomic E-state index is 12.4. The van der Waals surface area contributed by atoms with E-state index in [1.807, 2.05) is 41.9 Å². The van der Waals surface area contributed by atoms with E-state index in [4.69, 9.17) is 0 Å². The standard InChI is InChI=1S/C17H17N3O/c1-12-4-3-5-15-14(12)10-16(20(15)2)17(21)19-11-13-6-8-18-9-7-13/h3-10H,11H2,1-2H3,(H,19,21). The Bertz CT molecular complexity index is 790. The molecule has 0 saturated carbocycles. The van der Waals surface area contributed by atoms with Crippen LogP contribution >= 0.6 is 0 Å². The van der Waals surface area contributed by atoms with Crippen molar-refractivity contribution < 1.29 is 4.79 Å². The predicted molar refractivity (Wildman–Crippen MR) is 83.1 cm³/mol. The lowest BCUT2D eigenvalue weighted by Gasteiger charge is -2.06. The number of benzene rings is 1. The van der Waals surface area contributed by atoms with Crippen LogP contribution in [-0.2, 0) is 13.6 Å². The molecule has 0 atom stereocenters. The molecular weight excluding hydrogens is 262 g/mol. The van der Waals surface area contributed by atoms with Crippen molar-refractivity contribution in [2.45, 2.75) is 13.5 Å². The second-order valence-electron chi connectivity index (χ2n) is 5.13. The molecule has 0 unspecified atom stereocenters. The van der Waals surface area contributed by atoms with E-state index in [2.05, 4.69) is 23.3 Å². The Morgan fingerprint density at radius 2 is 2.00 bits per heavy atom. The molecule has 3 rings (SSSR count). The van der Waals surface area contributed by atoms with E-state index in [0.29, 0.717) is 12.2 Å². The summed E-state index contributed by atoms with van der Waals surface area (Å²) in [5.41, 5.74) is 3.96. The minimum absolute atomic E-state index is 0.0649. The lowest BCUT2D eigenvalue weighted by Crippen LogP contribution is -2.24. The van der Waals surface area contributed by atoms with Gasteiger partial charge in [0.2, 0.25) is 0 Å². The molecule has 2 heterocycles. The number of rotatable bonds is 3. The van der Waals surface area contributed by atoms with E-state index >= 15 is 0 Å². The maximum absolute atomic E-state index is 12.4. The third-order valence-electron chi connectivity index (χ3n) is 3.74. The fourth-order valence-corrected chi connectivity index (χ4v) is 2.50. The van der Waals surface area contributed by atoms with Gasteiger partial charge in [0, 0.05) is 36.9 Å². The van der Waals surface area contributed by atoms with Crippen LogP contribution in [0.25, 0.3) is 10.9 Å². The van der Waals surface area contributed by atoms with Crippen molar-refractivity contribution in [1.29, 1.82) is 0 Å². The summed E-state index contributed by atoms with van der Waals surface area (Å²) in [6, 6.07) is 11.8. The van der Waals surface area contributed by atoms with Gasteiger partial charge in [0.25, 0.3) is 5.91 Å². The van der Waals surface area contributed by atoms with Crippen molar-refractivity contribution in [2.75, 3.05) is 0 Å². The van der Waals surface area contributed by atoms with Gasteiger partial charge in [-0.25, -0.2) is 0 Å². The first-order valence-corrected chi connectivity index (χ1v) is 6.89. The molecule has 4 nitrogen and oxygen atoms in total. The van der Waals surface area contributed by atoms with E-state index in [1.165, 1.54) is 5.56 Å². The van der Waals surface area contributed by atoms with Gasteiger partial charge in [-0.2, -0.15) is 0 Å². The number of fused-ring (bicyclic) bond motifs is 1. The molecule has 0 spiro atoms. The van der Waals surface area contributed by atoms with Crippen LogP contribution in [-0.4, -0.2) is 15.5 Å². The third kappa shape index (κ3) is 2.52. The van der Waals surface area contributed by atoms with Gasteiger partial charge in [0.1, 0.15) is 5.69 Å². The summed E-state index contributed by atoms with van der Waals surface area (Å²) in [6.07, 6.45) is 3.45. The Labute approximate surface area is 123 Å². The number of hydrogen-bond acceptors (Lipinski definition) is 2. The molecule has 1 amide bonds. The molecular formula is C17H17N3O. The first-order valence-electron chi connectivity index (χ1n) is 6.89. The number of nitrogens with zero attached hydrogens (tertiary/aromatic N) is 2. The van der Waals surface area contributed by atoms with Crippen molar-refractivity contribution in [3.63, 3.8) is 0 Å². The summed E-state index contributed by atoms with van der Waals surface area (Å²) in [7, 11) is 1.92. The molecule has 21 heavy (non-hydrogen) atoms. The van der Waals surface area contributed by atoms with Gasteiger partial charge in [0.15, 0.2) is 0 Å². The van der Waals surface area contributed by atoms with Gasteiger partial charge < -0.3 is 9.88 Å². The molecule has 0 fully saturated rings. The van der Waals surface area contributed by atoms with Crippen LogP contribution in [0.3, 0.4) is 0 Å². The number of amides is 1. The molecule has 0 aliphatic carbocycles. The Hall–Kier alpha value is -2.62. The third-order valence-corrected chi connectivity index (χ3v) is 3.74. The SMILES string of the molecule is Cc1cccc2c1cc(C(=O)NCc1ccncc1)n2C. The van der Waals surface area contributed by atoms with E-state index in [9.17, 15) is 4.79 Å². The number of aryl methyl sites for hydroxylation is 2. The van der Waals surface area contributed by atoms with Crippen LogP contribution in [0.15, 0.2) is 48.8 Å². The quantitative estimate of drug-likeness (QED) is 0.801. The van der Waals surface area contributed by atoms with Gasteiger partial charge in [-0.15, -0.1) is 0 Å².